The Morgan fingerprint density at radius 3 is 2.74 bits per heavy atom. The van der Waals surface area contributed by atoms with Crippen molar-refractivity contribution in [3.63, 3.8) is 0 Å². The number of carboxylic acid groups (broad SMARTS) is 1. The second-order valence-corrected chi connectivity index (χ2v) is 6.34. The molecule has 1 amide bonds. The van der Waals surface area contributed by atoms with E-state index in [0.717, 1.165) is 28.2 Å². The predicted octanol–water partition coefficient (Wildman–Crippen LogP) is 3.56. The first-order valence-corrected chi connectivity index (χ1v) is 8.59. The van der Waals surface area contributed by atoms with Crippen LogP contribution in [0.25, 0.3) is 10.9 Å². The summed E-state index contributed by atoms with van der Waals surface area (Å²) in [5, 5.41) is 12.6. The molecule has 2 rings (SSSR count). The van der Waals surface area contributed by atoms with Crippen LogP contribution in [0.5, 0.6) is 0 Å². The fourth-order valence-corrected chi connectivity index (χ4v) is 2.98. The highest BCUT2D eigenvalue weighted by Gasteiger charge is 2.06. The van der Waals surface area contributed by atoms with Crippen molar-refractivity contribution in [3.05, 3.63) is 34.9 Å². The molecule has 5 nitrogen and oxygen atoms in total. The van der Waals surface area contributed by atoms with Crippen LogP contribution in [-0.2, 0) is 16.1 Å². The van der Waals surface area contributed by atoms with Gasteiger partial charge in [0.05, 0.1) is 0 Å². The highest BCUT2D eigenvalue weighted by molar-refractivity contribution is 9.10. The van der Waals surface area contributed by atoms with Gasteiger partial charge in [-0.25, -0.2) is 0 Å². The van der Waals surface area contributed by atoms with Gasteiger partial charge in [-0.15, -0.1) is 0 Å². The molecule has 0 bridgehead atoms. The van der Waals surface area contributed by atoms with Crippen molar-refractivity contribution in [2.24, 2.45) is 0 Å². The largest absolute Gasteiger partial charge is 0.481 e. The minimum atomic E-state index is -0.764. The Hall–Kier alpha value is -1.82. The molecule has 0 atom stereocenters. The Bertz CT molecular complexity index is 682. The second-order valence-electron chi connectivity index (χ2n) is 5.49. The molecule has 0 aliphatic heterocycles. The smallest absolute Gasteiger partial charge is 0.303 e. The van der Waals surface area contributed by atoms with Gasteiger partial charge in [-0.3, -0.25) is 9.59 Å². The summed E-state index contributed by atoms with van der Waals surface area (Å²) in [6.45, 7) is 1.25. The summed E-state index contributed by atoms with van der Waals surface area (Å²) in [6.07, 6.45) is 4.93. The number of aliphatic carboxylic acids is 1. The molecule has 1 aromatic carbocycles. The van der Waals surface area contributed by atoms with Gasteiger partial charge in [0.25, 0.3) is 0 Å². The lowest BCUT2D eigenvalue weighted by molar-refractivity contribution is -0.137. The van der Waals surface area contributed by atoms with Crippen molar-refractivity contribution in [1.82, 2.24) is 9.88 Å². The van der Waals surface area contributed by atoms with E-state index < -0.39 is 5.97 Å². The van der Waals surface area contributed by atoms with Gasteiger partial charge in [0.15, 0.2) is 0 Å². The van der Waals surface area contributed by atoms with Gasteiger partial charge in [0, 0.05) is 47.5 Å². The normalized spacial score (nSPS) is 10.8. The van der Waals surface area contributed by atoms with Gasteiger partial charge in [-0.05, 0) is 31.0 Å². The van der Waals surface area contributed by atoms with E-state index in [2.05, 4.69) is 25.8 Å². The summed E-state index contributed by atoms with van der Waals surface area (Å²) in [7, 11) is 0. The first kappa shape index (κ1) is 17.5. The molecular formula is C17H21BrN2O3. The van der Waals surface area contributed by atoms with Crippen molar-refractivity contribution in [2.75, 3.05) is 6.54 Å². The standard InChI is InChI=1S/C17H21BrN2O3/c18-14-5-4-6-15-13(14)8-11-20(15)12-9-16(21)19-10-3-1-2-7-17(22)23/h4-6,8,11H,1-3,7,9-10,12H2,(H,19,21)(H,22,23). The molecule has 0 unspecified atom stereocenters. The number of carboxylic acids is 1. The number of aromatic nitrogens is 1. The Balaban J connectivity index is 1.70. The van der Waals surface area contributed by atoms with Crippen LogP contribution in [0, 0.1) is 0 Å². The Kier molecular flexibility index (Phi) is 6.65. The number of aryl methyl sites for hydroxylation is 1. The second kappa shape index (κ2) is 8.72. The van der Waals surface area contributed by atoms with Crippen LogP contribution < -0.4 is 5.32 Å². The Morgan fingerprint density at radius 1 is 1.13 bits per heavy atom. The lowest BCUT2D eigenvalue weighted by Crippen LogP contribution is -2.25. The lowest BCUT2D eigenvalue weighted by Gasteiger charge is -2.07. The first-order valence-electron chi connectivity index (χ1n) is 7.80. The number of amides is 1. The van der Waals surface area contributed by atoms with Gasteiger partial charge in [0.1, 0.15) is 0 Å². The fraction of sp³-hybridized carbons (Fsp3) is 0.412. The van der Waals surface area contributed by atoms with Crippen molar-refractivity contribution < 1.29 is 14.7 Å². The van der Waals surface area contributed by atoms with E-state index >= 15 is 0 Å². The summed E-state index contributed by atoms with van der Waals surface area (Å²) in [5.74, 6) is -0.736. The molecule has 1 aromatic heterocycles. The topological polar surface area (TPSA) is 71.3 Å². The van der Waals surface area contributed by atoms with Crippen LogP contribution in [0.1, 0.15) is 32.1 Å². The van der Waals surface area contributed by atoms with E-state index in [4.69, 9.17) is 5.11 Å². The number of unbranched alkanes of at least 4 members (excludes halogenated alkanes) is 2. The summed E-state index contributed by atoms with van der Waals surface area (Å²) < 4.78 is 3.13. The maximum atomic E-state index is 11.9. The number of benzene rings is 1. The van der Waals surface area contributed by atoms with E-state index in [-0.39, 0.29) is 12.3 Å². The van der Waals surface area contributed by atoms with Crippen LogP contribution in [0.15, 0.2) is 34.9 Å². The van der Waals surface area contributed by atoms with Crippen LogP contribution in [-0.4, -0.2) is 28.1 Å². The average molecular weight is 381 g/mol. The summed E-state index contributed by atoms with van der Waals surface area (Å²) in [5.41, 5.74) is 1.11. The Labute approximate surface area is 143 Å². The van der Waals surface area contributed by atoms with Crippen molar-refractivity contribution in [2.45, 2.75) is 38.6 Å². The number of nitrogens with one attached hydrogen (secondary N) is 1. The zero-order valence-electron chi connectivity index (χ0n) is 12.9. The number of nitrogens with zero attached hydrogens (tertiary/aromatic N) is 1. The van der Waals surface area contributed by atoms with E-state index in [1.54, 1.807) is 0 Å². The molecule has 0 aliphatic carbocycles. The molecule has 0 saturated carbocycles. The lowest BCUT2D eigenvalue weighted by atomic mass is 10.2. The first-order chi connectivity index (χ1) is 11.1. The zero-order chi connectivity index (χ0) is 16.7. The number of carbonyl (C=O) groups is 2. The van der Waals surface area contributed by atoms with Gasteiger partial charge in [0.2, 0.25) is 5.91 Å². The highest BCUT2D eigenvalue weighted by atomic mass is 79.9. The Morgan fingerprint density at radius 2 is 1.96 bits per heavy atom. The monoisotopic (exact) mass is 380 g/mol. The summed E-state index contributed by atoms with van der Waals surface area (Å²) in [6, 6.07) is 8.07. The van der Waals surface area contributed by atoms with E-state index in [1.807, 2.05) is 30.5 Å². The van der Waals surface area contributed by atoms with E-state index in [9.17, 15) is 9.59 Å². The number of hydrogen-bond acceptors (Lipinski definition) is 2. The van der Waals surface area contributed by atoms with E-state index in [1.165, 1.54) is 0 Å². The maximum Gasteiger partial charge on any atom is 0.303 e. The average Bonchev–Trinajstić information content (AvgIpc) is 2.93. The number of rotatable bonds is 9. The molecule has 2 N–H and O–H groups in total. The molecule has 0 radical (unpaired) electrons. The van der Waals surface area contributed by atoms with Crippen LogP contribution in [0.2, 0.25) is 0 Å². The molecule has 0 aliphatic rings. The SMILES string of the molecule is O=C(O)CCCCCNC(=O)CCn1ccc2c(Br)cccc21. The van der Waals surface area contributed by atoms with Crippen LogP contribution >= 0.6 is 15.9 Å². The quantitative estimate of drug-likeness (QED) is 0.653. The molecule has 0 fully saturated rings. The third kappa shape index (κ3) is 5.39. The highest BCUT2D eigenvalue weighted by Crippen LogP contribution is 2.24. The maximum absolute atomic E-state index is 11.9. The van der Waals surface area contributed by atoms with Gasteiger partial charge < -0.3 is 15.0 Å². The third-order valence-corrected chi connectivity index (χ3v) is 4.42. The number of hydrogen-bond donors (Lipinski definition) is 2. The van der Waals surface area contributed by atoms with Gasteiger partial charge in [-0.2, -0.15) is 0 Å². The minimum Gasteiger partial charge on any atom is -0.481 e. The van der Waals surface area contributed by atoms with Crippen molar-refractivity contribution in [1.29, 1.82) is 0 Å². The molecule has 0 spiro atoms. The molecule has 6 heteroatoms. The zero-order valence-corrected chi connectivity index (χ0v) is 14.5. The number of fused-ring (bicyclic) bond motifs is 1. The fourth-order valence-electron chi connectivity index (χ4n) is 2.50. The molecule has 0 saturated heterocycles. The summed E-state index contributed by atoms with van der Waals surface area (Å²) in [4.78, 5) is 22.2. The van der Waals surface area contributed by atoms with Crippen molar-refractivity contribution >= 4 is 38.7 Å². The molecule has 2 aromatic rings. The number of halogens is 1. The summed E-state index contributed by atoms with van der Waals surface area (Å²) >= 11 is 3.52. The van der Waals surface area contributed by atoms with Gasteiger partial charge >= 0.3 is 5.97 Å². The van der Waals surface area contributed by atoms with E-state index in [0.29, 0.717) is 25.9 Å². The molecular weight excluding hydrogens is 360 g/mol. The van der Waals surface area contributed by atoms with Gasteiger partial charge in [-0.1, -0.05) is 28.4 Å². The van der Waals surface area contributed by atoms with Crippen LogP contribution in [0.4, 0.5) is 0 Å². The van der Waals surface area contributed by atoms with Crippen molar-refractivity contribution in [3.8, 4) is 0 Å². The third-order valence-electron chi connectivity index (χ3n) is 3.73. The molecule has 124 valence electrons. The minimum absolute atomic E-state index is 0.0279. The predicted molar refractivity (Wildman–Crippen MR) is 93.4 cm³/mol. The number of carbonyl (C=O) groups excluding carboxylic acids is 1. The molecule has 23 heavy (non-hydrogen) atoms. The molecule has 1 heterocycles. The van der Waals surface area contributed by atoms with Crippen LogP contribution in [0.3, 0.4) is 0 Å².